The fourth-order valence-corrected chi connectivity index (χ4v) is 2.03. The number of aromatic nitrogens is 1. The monoisotopic (exact) mass is 235 g/mol. The van der Waals surface area contributed by atoms with Crippen molar-refractivity contribution in [2.24, 2.45) is 5.73 Å². The van der Waals surface area contributed by atoms with Gasteiger partial charge in [-0.2, -0.15) is 0 Å². The van der Waals surface area contributed by atoms with E-state index >= 15 is 0 Å². The Kier molecular flexibility index (Phi) is 3.97. The zero-order valence-corrected chi connectivity index (χ0v) is 10.6. The molecule has 1 fully saturated rings. The molecule has 1 saturated heterocycles. The van der Waals surface area contributed by atoms with E-state index in [0.717, 1.165) is 37.5 Å². The molecule has 0 spiro atoms. The van der Waals surface area contributed by atoms with E-state index in [0.29, 0.717) is 6.10 Å². The largest absolute Gasteiger partial charge is 0.375 e. The van der Waals surface area contributed by atoms with E-state index in [1.54, 1.807) is 0 Å². The number of hydrogen-bond donors (Lipinski definition) is 1. The summed E-state index contributed by atoms with van der Waals surface area (Å²) in [7, 11) is 0. The molecule has 0 saturated carbocycles. The number of rotatable bonds is 3. The smallest absolute Gasteiger partial charge is 0.128 e. The van der Waals surface area contributed by atoms with Crippen molar-refractivity contribution in [3.63, 3.8) is 0 Å². The minimum absolute atomic E-state index is 0.0460. The second-order valence-corrected chi connectivity index (χ2v) is 4.59. The van der Waals surface area contributed by atoms with Crippen molar-refractivity contribution in [2.45, 2.75) is 32.4 Å². The Balaban J connectivity index is 2.06. The molecule has 1 aromatic heterocycles. The fraction of sp³-hybridized carbons (Fsp3) is 0.615. The molecule has 1 aliphatic rings. The van der Waals surface area contributed by atoms with Gasteiger partial charge in [0.25, 0.3) is 0 Å². The van der Waals surface area contributed by atoms with Crippen LogP contribution in [0.2, 0.25) is 0 Å². The lowest BCUT2D eigenvalue weighted by molar-refractivity contribution is 0.0381. The first-order chi connectivity index (χ1) is 8.20. The van der Waals surface area contributed by atoms with Crippen LogP contribution in [0.25, 0.3) is 0 Å². The highest BCUT2D eigenvalue weighted by atomic mass is 16.5. The normalized spacial score (nSPS) is 22.5. The first-order valence-electron chi connectivity index (χ1n) is 6.28. The molecule has 2 heterocycles. The van der Waals surface area contributed by atoms with Gasteiger partial charge in [0.05, 0.1) is 12.7 Å². The third kappa shape index (κ3) is 2.96. The molecular weight excluding hydrogens is 214 g/mol. The third-order valence-electron chi connectivity index (χ3n) is 3.21. The highest BCUT2D eigenvalue weighted by Crippen LogP contribution is 2.18. The first-order valence-corrected chi connectivity index (χ1v) is 6.28. The zero-order chi connectivity index (χ0) is 12.3. The van der Waals surface area contributed by atoms with E-state index in [2.05, 4.69) is 28.9 Å². The molecule has 0 aliphatic carbocycles. The summed E-state index contributed by atoms with van der Waals surface area (Å²) in [6, 6.07) is 4.16. The summed E-state index contributed by atoms with van der Waals surface area (Å²) in [4.78, 5) is 6.76. The Labute approximate surface area is 103 Å². The minimum Gasteiger partial charge on any atom is -0.375 e. The van der Waals surface area contributed by atoms with Gasteiger partial charge in [-0.05, 0) is 25.0 Å². The highest BCUT2D eigenvalue weighted by Gasteiger charge is 2.19. The van der Waals surface area contributed by atoms with E-state index in [9.17, 15) is 0 Å². The lowest BCUT2D eigenvalue weighted by Gasteiger charge is -2.33. The molecule has 17 heavy (non-hydrogen) atoms. The molecule has 1 aliphatic heterocycles. The van der Waals surface area contributed by atoms with Gasteiger partial charge in [-0.25, -0.2) is 4.98 Å². The van der Waals surface area contributed by atoms with Crippen LogP contribution in [0.1, 0.15) is 31.9 Å². The van der Waals surface area contributed by atoms with Crippen molar-refractivity contribution >= 4 is 5.82 Å². The Morgan fingerprint density at radius 2 is 2.41 bits per heavy atom. The number of anilines is 1. The van der Waals surface area contributed by atoms with Crippen LogP contribution in [0.5, 0.6) is 0 Å². The summed E-state index contributed by atoms with van der Waals surface area (Å²) >= 11 is 0. The van der Waals surface area contributed by atoms with Crippen LogP contribution in [0.3, 0.4) is 0 Å². The van der Waals surface area contributed by atoms with Crippen LogP contribution < -0.4 is 10.6 Å². The van der Waals surface area contributed by atoms with Crippen LogP contribution in [0.4, 0.5) is 5.82 Å². The van der Waals surface area contributed by atoms with E-state index in [4.69, 9.17) is 10.5 Å². The molecule has 2 atom stereocenters. The van der Waals surface area contributed by atoms with Gasteiger partial charge < -0.3 is 15.4 Å². The lowest BCUT2D eigenvalue weighted by atomic mass is 10.1. The minimum atomic E-state index is 0.0460. The number of pyridine rings is 1. The van der Waals surface area contributed by atoms with Crippen molar-refractivity contribution < 1.29 is 4.74 Å². The molecule has 1 aromatic rings. The quantitative estimate of drug-likeness (QED) is 0.866. The molecule has 1 unspecified atom stereocenters. The van der Waals surface area contributed by atoms with Crippen LogP contribution in [0, 0.1) is 0 Å². The van der Waals surface area contributed by atoms with Crippen molar-refractivity contribution in [1.29, 1.82) is 0 Å². The van der Waals surface area contributed by atoms with E-state index < -0.39 is 0 Å². The molecular formula is C13H21N3O. The van der Waals surface area contributed by atoms with Crippen molar-refractivity contribution in [1.82, 2.24) is 4.98 Å². The number of nitrogens with zero attached hydrogens (tertiary/aromatic N) is 2. The first kappa shape index (κ1) is 12.3. The van der Waals surface area contributed by atoms with E-state index in [1.807, 2.05) is 13.1 Å². The van der Waals surface area contributed by atoms with Gasteiger partial charge in [-0.3, -0.25) is 0 Å². The Morgan fingerprint density at radius 1 is 1.59 bits per heavy atom. The van der Waals surface area contributed by atoms with Gasteiger partial charge in [0.1, 0.15) is 5.82 Å². The number of morpholine rings is 1. The molecule has 0 aromatic carbocycles. The number of ether oxygens (including phenoxy) is 1. The van der Waals surface area contributed by atoms with Crippen LogP contribution in [-0.2, 0) is 4.74 Å². The molecule has 94 valence electrons. The number of hydrogen-bond acceptors (Lipinski definition) is 4. The summed E-state index contributed by atoms with van der Waals surface area (Å²) in [5.41, 5.74) is 6.89. The van der Waals surface area contributed by atoms with Gasteiger partial charge >= 0.3 is 0 Å². The summed E-state index contributed by atoms with van der Waals surface area (Å²) in [6.07, 6.45) is 3.25. The van der Waals surface area contributed by atoms with E-state index in [-0.39, 0.29) is 6.04 Å². The predicted octanol–water partition coefficient (Wildman–Crippen LogP) is 1.72. The topological polar surface area (TPSA) is 51.4 Å². The Bertz CT molecular complexity index is 350. The lowest BCUT2D eigenvalue weighted by Crippen LogP contribution is -2.42. The molecule has 2 rings (SSSR count). The maximum Gasteiger partial charge on any atom is 0.128 e. The zero-order valence-electron chi connectivity index (χ0n) is 10.6. The molecule has 0 radical (unpaired) electrons. The molecule has 0 amide bonds. The molecule has 4 nitrogen and oxygen atoms in total. The van der Waals surface area contributed by atoms with Gasteiger partial charge in [-0.15, -0.1) is 0 Å². The summed E-state index contributed by atoms with van der Waals surface area (Å²) < 4.78 is 5.65. The maximum absolute atomic E-state index is 5.81. The standard InChI is InChI=1S/C13H21N3O/c1-3-12-9-16(6-7-17-12)13-5-4-11(8-15-13)10(2)14/h4-5,8,10,12H,3,6-7,9,14H2,1-2H3/t10-,12?/m0/s1. The van der Waals surface area contributed by atoms with Crippen molar-refractivity contribution in [3.05, 3.63) is 23.9 Å². The predicted molar refractivity (Wildman–Crippen MR) is 69.1 cm³/mol. The second kappa shape index (κ2) is 5.47. The Morgan fingerprint density at radius 3 is 3.00 bits per heavy atom. The summed E-state index contributed by atoms with van der Waals surface area (Å²) in [6.45, 7) is 6.76. The van der Waals surface area contributed by atoms with Gasteiger partial charge in [0, 0.05) is 25.3 Å². The van der Waals surface area contributed by atoms with Crippen LogP contribution in [0.15, 0.2) is 18.3 Å². The summed E-state index contributed by atoms with van der Waals surface area (Å²) in [5, 5.41) is 0. The van der Waals surface area contributed by atoms with Gasteiger partial charge in [0.15, 0.2) is 0 Å². The average Bonchev–Trinajstić information content (AvgIpc) is 2.39. The number of nitrogens with two attached hydrogens (primary N) is 1. The second-order valence-electron chi connectivity index (χ2n) is 4.59. The molecule has 4 heteroatoms. The third-order valence-corrected chi connectivity index (χ3v) is 3.21. The van der Waals surface area contributed by atoms with Crippen molar-refractivity contribution in [3.8, 4) is 0 Å². The van der Waals surface area contributed by atoms with Gasteiger partial charge in [0.2, 0.25) is 0 Å². The SMILES string of the molecule is CCC1CN(c2ccc([C@H](C)N)cn2)CCO1. The van der Waals surface area contributed by atoms with E-state index in [1.165, 1.54) is 0 Å². The van der Waals surface area contributed by atoms with Crippen LogP contribution >= 0.6 is 0 Å². The van der Waals surface area contributed by atoms with Crippen molar-refractivity contribution in [2.75, 3.05) is 24.6 Å². The Hall–Kier alpha value is -1.13. The highest BCUT2D eigenvalue weighted by molar-refractivity contribution is 5.40. The molecule has 2 N–H and O–H groups in total. The average molecular weight is 235 g/mol. The van der Waals surface area contributed by atoms with Gasteiger partial charge in [-0.1, -0.05) is 13.0 Å². The fourth-order valence-electron chi connectivity index (χ4n) is 2.03. The van der Waals surface area contributed by atoms with Crippen LogP contribution in [-0.4, -0.2) is 30.8 Å². The molecule has 0 bridgehead atoms. The summed E-state index contributed by atoms with van der Waals surface area (Å²) in [5.74, 6) is 1.02. The maximum atomic E-state index is 5.81.